The molecule has 1 heterocycles. The first-order chi connectivity index (χ1) is 9.11. The van der Waals surface area contributed by atoms with Crippen LogP contribution in [0, 0.1) is 10.1 Å². The number of H-pyrrole nitrogens is 1. The maximum Gasteiger partial charge on any atom is 0.270 e. The molecule has 3 N–H and O–H groups in total. The first kappa shape index (κ1) is 12.6. The Kier molecular flexibility index (Phi) is 3.42. The van der Waals surface area contributed by atoms with Crippen molar-refractivity contribution in [3.8, 4) is 0 Å². The number of hydrogen-bond acceptors (Lipinski definition) is 5. The molecule has 8 nitrogen and oxygen atoms in total. The maximum absolute atomic E-state index is 12.0. The zero-order valence-electron chi connectivity index (χ0n) is 10.0. The fraction of sp³-hybridized carbons (Fsp3) is 0.0909. The predicted octanol–water partition coefficient (Wildman–Crippen LogP) is 1.61. The summed E-state index contributed by atoms with van der Waals surface area (Å²) in [5.74, 6) is -0.207. The molecular formula is C11H11N5O3. The fourth-order valence-electron chi connectivity index (χ4n) is 1.56. The predicted molar refractivity (Wildman–Crippen MR) is 69.2 cm³/mol. The van der Waals surface area contributed by atoms with Crippen molar-refractivity contribution in [3.63, 3.8) is 0 Å². The standard InChI is InChI=1S/C11H11N5O3/c1-12-9-3-2-7(16(18)19)6-8(9)10(17)15-11-13-4-5-14-11/h2-6,12H,1H3,(H2,13,14,15,17). The Balaban J connectivity index is 2.33. The quantitative estimate of drug-likeness (QED) is 0.571. The summed E-state index contributed by atoms with van der Waals surface area (Å²) < 4.78 is 0. The molecule has 1 aromatic carbocycles. The molecule has 0 saturated carbocycles. The van der Waals surface area contributed by atoms with E-state index in [1.54, 1.807) is 13.2 Å². The molecule has 98 valence electrons. The molecule has 2 rings (SSSR count). The van der Waals surface area contributed by atoms with Gasteiger partial charge in [-0.05, 0) is 6.07 Å². The number of non-ortho nitro benzene ring substituents is 1. The molecule has 0 aliphatic carbocycles. The van der Waals surface area contributed by atoms with Crippen LogP contribution in [0.5, 0.6) is 0 Å². The normalized spacial score (nSPS) is 9.95. The van der Waals surface area contributed by atoms with E-state index in [0.717, 1.165) is 0 Å². The van der Waals surface area contributed by atoms with Gasteiger partial charge in [0.05, 0.1) is 10.5 Å². The third-order valence-electron chi connectivity index (χ3n) is 2.46. The van der Waals surface area contributed by atoms with Gasteiger partial charge in [0.2, 0.25) is 5.95 Å². The van der Waals surface area contributed by atoms with Crippen molar-refractivity contribution in [3.05, 3.63) is 46.3 Å². The van der Waals surface area contributed by atoms with Crippen LogP contribution in [0.25, 0.3) is 0 Å². The summed E-state index contributed by atoms with van der Waals surface area (Å²) in [7, 11) is 1.63. The van der Waals surface area contributed by atoms with Gasteiger partial charge in [0.25, 0.3) is 11.6 Å². The number of nitrogens with zero attached hydrogens (tertiary/aromatic N) is 2. The summed E-state index contributed by atoms with van der Waals surface area (Å²) in [4.78, 5) is 28.8. The number of carbonyl (C=O) groups excluding carboxylic acids is 1. The number of aromatic amines is 1. The number of anilines is 2. The van der Waals surface area contributed by atoms with Crippen LogP contribution < -0.4 is 10.6 Å². The monoisotopic (exact) mass is 261 g/mol. The van der Waals surface area contributed by atoms with E-state index in [9.17, 15) is 14.9 Å². The Morgan fingerprint density at radius 1 is 1.47 bits per heavy atom. The van der Waals surface area contributed by atoms with Gasteiger partial charge in [-0.2, -0.15) is 0 Å². The highest BCUT2D eigenvalue weighted by Gasteiger charge is 2.16. The number of carbonyl (C=O) groups is 1. The molecule has 1 amide bonds. The lowest BCUT2D eigenvalue weighted by Gasteiger charge is -2.08. The topological polar surface area (TPSA) is 113 Å². The van der Waals surface area contributed by atoms with Crippen LogP contribution >= 0.6 is 0 Å². The summed E-state index contributed by atoms with van der Waals surface area (Å²) >= 11 is 0. The van der Waals surface area contributed by atoms with Crippen LogP contribution in [0.2, 0.25) is 0 Å². The first-order valence-corrected chi connectivity index (χ1v) is 5.38. The van der Waals surface area contributed by atoms with E-state index in [1.165, 1.54) is 24.4 Å². The van der Waals surface area contributed by atoms with E-state index in [-0.39, 0.29) is 17.2 Å². The molecule has 19 heavy (non-hydrogen) atoms. The lowest BCUT2D eigenvalue weighted by molar-refractivity contribution is -0.384. The summed E-state index contributed by atoms with van der Waals surface area (Å²) in [5.41, 5.74) is 0.520. The van der Waals surface area contributed by atoms with Crippen molar-refractivity contribution < 1.29 is 9.72 Å². The maximum atomic E-state index is 12.0. The summed E-state index contributed by atoms with van der Waals surface area (Å²) in [5, 5.41) is 16.0. The molecule has 0 aliphatic rings. The van der Waals surface area contributed by atoms with Gasteiger partial charge in [-0.15, -0.1) is 0 Å². The number of aromatic nitrogens is 2. The van der Waals surface area contributed by atoms with Crippen molar-refractivity contribution in [2.24, 2.45) is 0 Å². The third-order valence-corrected chi connectivity index (χ3v) is 2.46. The van der Waals surface area contributed by atoms with Crippen molar-refractivity contribution in [1.82, 2.24) is 9.97 Å². The molecule has 0 unspecified atom stereocenters. The molecule has 1 aromatic heterocycles. The van der Waals surface area contributed by atoms with E-state index in [2.05, 4.69) is 20.6 Å². The van der Waals surface area contributed by atoms with Crippen molar-refractivity contribution in [1.29, 1.82) is 0 Å². The van der Waals surface area contributed by atoms with E-state index in [4.69, 9.17) is 0 Å². The molecular weight excluding hydrogens is 250 g/mol. The van der Waals surface area contributed by atoms with Gasteiger partial charge in [0.1, 0.15) is 0 Å². The highest BCUT2D eigenvalue weighted by atomic mass is 16.6. The number of nitro benzene ring substituents is 1. The Morgan fingerprint density at radius 3 is 2.84 bits per heavy atom. The summed E-state index contributed by atoms with van der Waals surface area (Å²) in [6.07, 6.45) is 3.05. The van der Waals surface area contributed by atoms with Gasteiger partial charge in [-0.3, -0.25) is 20.2 Å². The van der Waals surface area contributed by atoms with Crippen LogP contribution in [0.15, 0.2) is 30.6 Å². The lowest BCUT2D eigenvalue weighted by Crippen LogP contribution is -2.15. The average molecular weight is 261 g/mol. The van der Waals surface area contributed by atoms with Crippen molar-refractivity contribution in [2.75, 3.05) is 17.7 Å². The van der Waals surface area contributed by atoms with Crippen LogP contribution in [0.4, 0.5) is 17.3 Å². The molecule has 2 aromatic rings. The van der Waals surface area contributed by atoms with Crippen molar-refractivity contribution in [2.45, 2.75) is 0 Å². The minimum Gasteiger partial charge on any atom is -0.387 e. The molecule has 8 heteroatoms. The van der Waals surface area contributed by atoms with Crippen LogP contribution in [0.1, 0.15) is 10.4 Å². The number of benzene rings is 1. The van der Waals surface area contributed by atoms with Gasteiger partial charge in [0, 0.05) is 37.3 Å². The minimum atomic E-state index is -0.552. The third kappa shape index (κ3) is 2.68. The number of amides is 1. The van der Waals surface area contributed by atoms with Crippen molar-refractivity contribution >= 4 is 23.2 Å². The first-order valence-electron chi connectivity index (χ1n) is 5.38. The highest BCUT2D eigenvalue weighted by molar-refractivity contribution is 6.07. The van der Waals surface area contributed by atoms with Crippen LogP contribution in [0.3, 0.4) is 0 Å². The molecule has 0 aliphatic heterocycles. The zero-order valence-corrected chi connectivity index (χ0v) is 10.0. The number of hydrogen-bond donors (Lipinski definition) is 3. The van der Waals surface area contributed by atoms with Gasteiger partial charge in [-0.1, -0.05) is 0 Å². The smallest absolute Gasteiger partial charge is 0.270 e. The SMILES string of the molecule is CNc1ccc([N+](=O)[O-])cc1C(=O)Nc1ncc[nH]1. The second-order valence-corrected chi connectivity index (χ2v) is 3.63. The fourth-order valence-corrected chi connectivity index (χ4v) is 1.56. The van der Waals surface area contributed by atoms with Crippen LogP contribution in [-0.2, 0) is 0 Å². The number of rotatable bonds is 4. The molecule has 0 fully saturated rings. The largest absolute Gasteiger partial charge is 0.387 e. The van der Waals surface area contributed by atoms with Gasteiger partial charge in [0.15, 0.2) is 0 Å². The molecule has 0 saturated heterocycles. The second kappa shape index (κ2) is 5.17. The van der Waals surface area contributed by atoms with Gasteiger partial charge in [-0.25, -0.2) is 4.98 Å². The summed E-state index contributed by atoms with van der Waals surface area (Å²) in [6.45, 7) is 0. The molecule has 0 radical (unpaired) electrons. The number of imidazole rings is 1. The van der Waals surface area contributed by atoms with E-state index < -0.39 is 10.8 Å². The Labute approximate surface area is 108 Å². The molecule has 0 atom stereocenters. The van der Waals surface area contributed by atoms with Gasteiger partial charge < -0.3 is 10.3 Å². The van der Waals surface area contributed by atoms with E-state index in [1.807, 2.05) is 0 Å². The lowest BCUT2D eigenvalue weighted by atomic mass is 10.1. The Bertz CT molecular complexity index is 609. The second-order valence-electron chi connectivity index (χ2n) is 3.63. The average Bonchev–Trinajstić information content (AvgIpc) is 2.90. The Morgan fingerprint density at radius 2 is 2.26 bits per heavy atom. The number of nitro groups is 1. The number of nitrogens with one attached hydrogen (secondary N) is 3. The molecule has 0 spiro atoms. The zero-order chi connectivity index (χ0) is 13.8. The minimum absolute atomic E-state index is 0.149. The summed E-state index contributed by atoms with van der Waals surface area (Å²) in [6, 6.07) is 4.02. The highest BCUT2D eigenvalue weighted by Crippen LogP contribution is 2.22. The van der Waals surface area contributed by atoms with E-state index in [0.29, 0.717) is 5.69 Å². The van der Waals surface area contributed by atoms with Crippen LogP contribution in [-0.4, -0.2) is 27.8 Å². The molecule has 0 bridgehead atoms. The van der Waals surface area contributed by atoms with Gasteiger partial charge >= 0.3 is 0 Å². The Hall–Kier alpha value is -2.90. The van der Waals surface area contributed by atoms with E-state index >= 15 is 0 Å².